The molecule has 4 aromatic rings. The summed E-state index contributed by atoms with van der Waals surface area (Å²) < 4.78 is 56.6. The summed E-state index contributed by atoms with van der Waals surface area (Å²) in [4.78, 5) is 46.5. The number of carbonyl (C=O) groups is 2. The maximum atomic E-state index is 13.1. The van der Waals surface area contributed by atoms with Crippen molar-refractivity contribution in [2.24, 2.45) is 20.0 Å². The monoisotopic (exact) mass is 758 g/mol. The number of aromatic nitrogens is 2. The number of fused-ring (bicyclic) bond motifs is 2. The molecule has 0 radical (unpaired) electrons. The Morgan fingerprint density at radius 3 is 1.59 bits per heavy atom. The number of nitrogens with zero attached hydrogens (tertiary/aromatic N) is 6. The van der Waals surface area contributed by atoms with E-state index in [1.165, 1.54) is 6.20 Å². The fraction of sp³-hybridized carbons (Fsp3) is 0.273. The minimum Gasteiger partial charge on any atom is -0.870 e. The molecule has 2 aromatic heterocycles. The first-order valence-electron chi connectivity index (χ1n) is 14.3. The van der Waals surface area contributed by atoms with Gasteiger partial charge in [-0.25, -0.2) is 37.1 Å². The van der Waals surface area contributed by atoms with Gasteiger partial charge in [0.2, 0.25) is 0 Å². The summed E-state index contributed by atoms with van der Waals surface area (Å²) in [6.07, 6.45) is -3.92. The Morgan fingerprint density at radius 2 is 1.20 bits per heavy atom. The molecule has 2 atom stereocenters. The second kappa shape index (κ2) is 19.1. The Bertz CT molecular complexity index is 2030. The van der Waals surface area contributed by atoms with Crippen molar-refractivity contribution in [2.75, 3.05) is 6.61 Å². The van der Waals surface area contributed by atoms with Crippen LogP contribution in [-0.4, -0.2) is 87.1 Å². The normalized spacial score (nSPS) is 16.2. The molecule has 2 aliphatic rings. The van der Waals surface area contributed by atoms with Gasteiger partial charge in [0, 0.05) is 36.0 Å². The SMILES string of the molecule is C.CCOC(=O)C1=NC(Cc2ccc3ncc(Cl)cc3c2)N=C1C(F)F.O=C(O)C1=NC(Cc2ccc3ncc(Cl)cc3c2)N=C1C(F)F.[Na+].[OH-]. The van der Waals surface area contributed by atoms with E-state index in [-0.39, 0.29) is 61.9 Å². The van der Waals surface area contributed by atoms with Gasteiger partial charge in [-0.2, -0.15) is 0 Å². The van der Waals surface area contributed by atoms with E-state index in [1.54, 1.807) is 43.5 Å². The van der Waals surface area contributed by atoms with Crippen LogP contribution in [-0.2, 0) is 27.2 Å². The third kappa shape index (κ3) is 10.8. The van der Waals surface area contributed by atoms with Crippen molar-refractivity contribution in [1.29, 1.82) is 0 Å². The number of hydrogen-bond acceptors (Lipinski definition) is 10. The van der Waals surface area contributed by atoms with E-state index in [1.807, 2.05) is 18.2 Å². The van der Waals surface area contributed by atoms with Crippen LogP contribution in [0.2, 0.25) is 10.0 Å². The fourth-order valence-corrected chi connectivity index (χ4v) is 5.27. The number of benzene rings is 2. The molecule has 18 heteroatoms. The average Bonchev–Trinajstić information content (AvgIpc) is 3.66. The molecule has 4 heterocycles. The molecule has 0 aliphatic carbocycles. The Morgan fingerprint density at radius 1 is 0.765 bits per heavy atom. The molecule has 51 heavy (non-hydrogen) atoms. The minimum atomic E-state index is -2.96. The molecule has 2 aliphatic heterocycles. The van der Waals surface area contributed by atoms with E-state index < -0.39 is 60.0 Å². The molecule has 0 fully saturated rings. The van der Waals surface area contributed by atoms with Crippen molar-refractivity contribution in [1.82, 2.24) is 9.97 Å². The Kier molecular flexibility index (Phi) is 16.2. The maximum absolute atomic E-state index is 13.1. The first-order chi connectivity index (χ1) is 22.9. The summed E-state index contributed by atoms with van der Waals surface area (Å²) in [7, 11) is 0. The van der Waals surface area contributed by atoms with E-state index in [0.717, 1.165) is 32.9 Å². The van der Waals surface area contributed by atoms with Gasteiger partial charge in [0.15, 0.2) is 11.4 Å². The van der Waals surface area contributed by atoms with Gasteiger partial charge in [-0.3, -0.25) is 20.0 Å². The minimum absolute atomic E-state index is 0. The molecule has 11 nitrogen and oxygen atoms in total. The van der Waals surface area contributed by atoms with Gasteiger partial charge in [0.25, 0.3) is 12.9 Å². The van der Waals surface area contributed by atoms with Crippen molar-refractivity contribution < 1.29 is 72.0 Å². The zero-order valence-electron chi connectivity index (χ0n) is 26.3. The van der Waals surface area contributed by atoms with Crippen molar-refractivity contribution in [3.05, 3.63) is 82.1 Å². The van der Waals surface area contributed by atoms with Crippen molar-refractivity contribution in [2.45, 2.75) is 52.4 Å². The van der Waals surface area contributed by atoms with Crippen molar-refractivity contribution in [3.8, 4) is 0 Å². The fourth-order valence-electron chi connectivity index (χ4n) is 4.94. The van der Waals surface area contributed by atoms with Crippen LogP contribution >= 0.6 is 23.2 Å². The van der Waals surface area contributed by atoms with Crippen LogP contribution in [0.25, 0.3) is 21.8 Å². The number of halogens is 6. The van der Waals surface area contributed by atoms with Gasteiger partial charge in [0.05, 0.1) is 27.7 Å². The number of carboxylic acid groups (broad SMARTS) is 1. The van der Waals surface area contributed by atoms with Crippen LogP contribution in [0.15, 0.2) is 80.9 Å². The second-order valence-corrected chi connectivity index (χ2v) is 11.2. The summed E-state index contributed by atoms with van der Waals surface area (Å²) >= 11 is 11.8. The van der Waals surface area contributed by atoms with E-state index in [0.29, 0.717) is 10.0 Å². The van der Waals surface area contributed by atoms with Crippen molar-refractivity contribution in [3.63, 3.8) is 0 Å². The standard InChI is InChI=1S/C17H14ClF2N3O2.C15H10ClF2N3O2.CH4.Na.H2O/c1-2-25-17(24)15-14(16(19)20)22-13(23-15)6-9-3-4-12-10(5-9)7-11(18)8-21-12;16-9-5-8-3-7(1-2-10(8)19-6-9)4-11-20-12(14(17)18)13(21-11)15(22)23;;;/h3-5,7-8,13,16H,2,6H2,1H3;1-3,5-6,11,14H,4H2,(H,22,23);1H4;;1H2/q;;;+1;/p-1. The van der Waals surface area contributed by atoms with Gasteiger partial charge < -0.3 is 15.3 Å². The molecule has 0 saturated heterocycles. The molecule has 0 bridgehead atoms. The van der Waals surface area contributed by atoms with Crippen LogP contribution in [0.3, 0.4) is 0 Å². The quantitative estimate of drug-likeness (QED) is 0.153. The second-order valence-electron chi connectivity index (χ2n) is 10.3. The molecule has 2 unspecified atom stereocenters. The van der Waals surface area contributed by atoms with E-state index >= 15 is 0 Å². The van der Waals surface area contributed by atoms with E-state index in [4.69, 9.17) is 33.0 Å². The van der Waals surface area contributed by atoms with Crippen LogP contribution in [0.4, 0.5) is 17.6 Å². The number of esters is 1. The number of hydrogen-bond donors (Lipinski definition) is 1. The van der Waals surface area contributed by atoms with E-state index in [2.05, 4.69) is 29.9 Å². The van der Waals surface area contributed by atoms with Crippen molar-refractivity contribution >= 4 is 79.8 Å². The van der Waals surface area contributed by atoms with Gasteiger partial charge in [0.1, 0.15) is 23.8 Å². The Labute approximate surface area is 321 Å². The van der Waals surface area contributed by atoms with Gasteiger partial charge in [-0.05, 0) is 54.4 Å². The molecule has 6 rings (SSSR count). The third-order valence-electron chi connectivity index (χ3n) is 6.96. The number of ether oxygens (including phenoxy) is 1. The molecule has 2 aromatic carbocycles. The molecular formula is C33H29Cl2F4N6NaO5. The molecular weight excluding hydrogens is 730 g/mol. The summed E-state index contributed by atoms with van der Waals surface area (Å²) in [5, 5.41) is 11.5. The zero-order chi connectivity index (χ0) is 34.5. The average molecular weight is 760 g/mol. The maximum Gasteiger partial charge on any atom is 1.00 e. The van der Waals surface area contributed by atoms with Gasteiger partial charge in [-0.15, -0.1) is 0 Å². The number of rotatable bonds is 9. The van der Waals surface area contributed by atoms with E-state index in [9.17, 15) is 27.2 Å². The zero-order valence-corrected chi connectivity index (χ0v) is 29.8. The summed E-state index contributed by atoms with van der Waals surface area (Å²) in [6.45, 7) is 1.68. The van der Waals surface area contributed by atoms with Gasteiger partial charge in [-0.1, -0.05) is 42.8 Å². The first kappa shape index (κ1) is 43.3. The summed E-state index contributed by atoms with van der Waals surface area (Å²) in [6, 6.07) is 14.3. The molecule has 2 N–H and O–H groups in total. The smallest absolute Gasteiger partial charge is 0.870 e. The first-order valence-corrected chi connectivity index (χ1v) is 15.0. The van der Waals surface area contributed by atoms with Crippen LogP contribution in [0.1, 0.15) is 25.5 Å². The number of carboxylic acids is 1. The number of carbonyl (C=O) groups excluding carboxylic acids is 1. The Hall–Kier alpha value is -3.86. The molecule has 0 saturated carbocycles. The topological polar surface area (TPSA) is 169 Å². The molecule has 0 amide bonds. The molecule has 0 spiro atoms. The predicted octanol–water partition coefficient (Wildman–Crippen LogP) is 3.95. The molecule has 264 valence electrons. The largest absolute Gasteiger partial charge is 1.00 e. The third-order valence-corrected chi connectivity index (χ3v) is 7.38. The summed E-state index contributed by atoms with van der Waals surface area (Å²) in [5.41, 5.74) is 0.667. The number of aliphatic carboxylic acids is 1. The number of pyridine rings is 2. The van der Waals surface area contributed by atoms with Crippen LogP contribution in [0.5, 0.6) is 0 Å². The van der Waals surface area contributed by atoms with Crippen LogP contribution in [0, 0.1) is 0 Å². The number of alkyl halides is 4. The Balaban J connectivity index is 0.000000335. The predicted molar refractivity (Wildman–Crippen MR) is 183 cm³/mol. The summed E-state index contributed by atoms with van der Waals surface area (Å²) in [5.74, 6) is -2.38. The van der Waals surface area contributed by atoms with Gasteiger partial charge >= 0.3 is 41.5 Å². The van der Waals surface area contributed by atoms with Crippen LogP contribution < -0.4 is 29.6 Å². The number of aliphatic imine (C=N–C) groups is 4.